The molecule has 1 aliphatic heterocycles. The second-order valence-electron chi connectivity index (χ2n) is 5.71. The molecule has 0 spiro atoms. The van der Waals surface area contributed by atoms with Crippen molar-refractivity contribution < 1.29 is 8.81 Å². The summed E-state index contributed by atoms with van der Waals surface area (Å²) in [6.45, 7) is 1.48. The normalized spacial score (nSPS) is 14.5. The minimum Gasteiger partial charge on any atom is -0.461 e. The number of pyridine rings is 1. The number of nitrogens with one attached hydrogen (secondary N) is 1. The lowest BCUT2D eigenvalue weighted by Crippen LogP contribution is -2.35. The Labute approximate surface area is 137 Å². The summed E-state index contributed by atoms with van der Waals surface area (Å²) in [6.07, 6.45) is 3.74. The maximum Gasteiger partial charge on any atom is 0.256 e. The fraction of sp³-hybridized carbons (Fsp3) is 0.235. The van der Waals surface area contributed by atoms with E-state index in [1.807, 2.05) is 4.90 Å². The average Bonchev–Trinajstić information content (AvgIpc) is 3.12. The van der Waals surface area contributed by atoms with E-state index in [1.54, 1.807) is 24.4 Å². The van der Waals surface area contributed by atoms with Gasteiger partial charge in [0, 0.05) is 32.3 Å². The predicted molar refractivity (Wildman–Crippen MR) is 84.6 cm³/mol. The number of hydrogen-bond donors (Lipinski definition) is 1. The van der Waals surface area contributed by atoms with Crippen molar-refractivity contribution in [2.24, 2.45) is 0 Å². The van der Waals surface area contributed by atoms with Crippen molar-refractivity contribution in [2.75, 3.05) is 6.54 Å². The lowest BCUT2D eigenvalue weighted by Gasteiger charge is -2.27. The van der Waals surface area contributed by atoms with Crippen LogP contribution in [0, 0.1) is 5.82 Å². The number of furan rings is 1. The molecule has 0 saturated heterocycles. The molecule has 0 unspecified atom stereocenters. The maximum atomic E-state index is 13.7. The highest BCUT2D eigenvalue weighted by Crippen LogP contribution is 2.20. The summed E-state index contributed by atoms with van der Waals surface area (Å²) in [4.78, 5) is 25.7. The third kappa shape index (κ3) is 2.74. The molecule has 0 atom stereocenters. The van der Waals surface area contributed by atoms with Gasteiger partial charge in [-0.15, -0.1) is 0 Å². The summed E-state index contributed by atoms with van der Waals surface area (Å²) in [5.41, 5.74) is 1.59. The van der Waals surface area contributed by atoms with Crippen molar-refractivity contribution in [3.05, 3.63) is 69.8 Å². The van der Waals surface area contributed by atoms with Crippen LogP contribution >= 0.6 is 0 Å². The van der Waals surface area contributed by atoms with Crippen LogP contribution in [0.5, 0.6) is 0 Å². The summed E-state index contributed by atoms with van der Waals surface area (Å²) in [5, 5.41) is 0. The van der Waals surface area contributed by atoms with Crippen LogP contribution in [0.25, 0.3) is 11.6 Å². The number of H-pyrrole nitrogens is 1. The van der Waals surface area contributed by atoms with E-state index in [0.717, 1.165) is 5.69 Å². The number of rotatable bonds is 3. The second-order valence-corrected chi connectivity index (χ2v) is 5.71. The van der Waals surface area contributed by atoms with E-state index in [1.165, 1.54) is 12.3 Å². The first-order chi connectivity index (χ1) is 11.7. The molecular weight excluding hydrogens is 311 g/mol. The molecule has 4 rings (SSSR count). The number of hydrogen-bond acceptors (Lipinski definition) is 5. The topological polar surface area (TPSA) is 75.0 Å². The summed E-state index contributed by atoms with van der Waals surface area (Å²) in [7, 11) is 0. The Kier molecular flexibility index (Phi) is 3.70. The van der Waals surface area contributed by atoms with Crippen LogP contribution in [0.3, 0.4) is 0 Å². The van der Waals surface area contributed by atoms with E-state index >= 15 is 0 Å². The van der Waals surface area contributed by atoms with Crippen molar-refractivity contribution >= 4 is 0 Å². The molecule has 3 aromatic heterocycles. The smallest absolute Gasteiger partial charge is 0.256 e. The molecule has 1 aliphatic rings. The van der Waals surface area contributed by atoms with Crippen molar-refractivity contribution in [3.8, 4) is 11.6 Å². The van der Waals surface area contributed by atoms with Crippen LogP contribution in [-0.4, -0.2) is 26.4 Å². The van der Waals surface area contributed by atoms with Gasteiger partial charge >= 0.3 is 0 Å². The molecular formula is C17H15FN4O2. The van der Waals surface area contributed by atoms with Gasteiger partial charge in [-0.2, -0.15) is 0 Å². The summed E-state index contributed by atoms with van der Waals surface area (Å²) in [6, 6.07) is 6.46. The highest BCUT2D eigenvalue weighted by molar-refractivity contribution is 5.46. The Balaban J connectivity index is 1.60. The zero-order chi connectivity index (χ0) is 16.5. The van der Waals surface area contributed by atoms with Gasteiger partial charge < -0.3 is 9.40 Å². The molecule has 3 aromatic rings. The molecule has 0 aliphatic carbocycles. The first-order valence-electron chi connectivity index (χ1n) is 7.68. The molecule has 7 heteroatoms. The van der Waals surface area contributed by atoms with Crippen LogP contribution < -0.4 is 5.56 Å². The van der Waals surface area contributed by atoms with Crippen LogP contribution in [-0.2, 0) is 19.5 Å². The molecule has 1 N–H and O–H groups in total. The number of nitrogens with zero attached hydrogens (tertiary/aromatic N) is 3. The van der Waals surface area contributed by atoms with E-state index in [4.69, 9.17) is 4.42 Å². The molecule has 0 fully saturated rings. The molecule has 24 heavy (non-hydrogen) atoms. The molecule has 4 heterocycles. The number of aromatic amines is 1. The van der Waals surface area contributed by atoms with E-state index in [2.05, 4.69) is 15.0 Å². The lowest BCUT2D eigenvalue weighted by molar-refractivity contribution is 0.235. The van der Waals surface area contributed by atoms with Crippen LogP contribution in [0.2, 0.25) is 0 Å². The van der Waals surface area contributed by atoms with Gasteiger partial charge in [0.1, 0.15) is 5.82 Å². The fourth-order valence-electron chi connectivity index (χ4n) is 2.89. The Hall–Kier alpha value is -2.80. The highest BCUT2D eigenvalue weighted by atomic mass is 19.1. The minimum absolute atomic E-state index is 0.183. The largest absolute Gasteiger partial charge is 0.461 e. The molecule has 0 radical (unpaired) electrons. The van der Waals surface area contributed by atoms with Crippen LogP contribution in [0.1, 0.15) is 17.0 Å². The van der Waals surface area contributed by atoms with E-state index in [9.17, 15) is 9.18 Å². The van der Waals surface area contributed by atoms with Gasteiger partial charge in [-0.25, -0.2) is 9.37 Å². The van der Waals surface area contributed by atoms with E-state index in [0.29, 0.717) is 48.9 Å². The van der Waals surface area contributed by atoms with Crippen LogP contribution in [0.4, 0.5) is 4.39 Å². The third-order valence-electron chi connectivity index (χ3n) is 4.11. The van der Waals surface area contributed by atoms with Crippen molar-refractivity contribution in [1.82, 2.24) is 19.9 Å². The molecule has 6 nitrogen and oxygen atoms in total. The second kappa shape index (κ2) is 6.01. The van der Waals surface area contributed by atoms with Gasteiger partial charge in [0.15, 0.2) is 11.6 Å². The summed E-state index contributed by atoms with van der Waals surface area (Å²) >= 11 is 0. The first-order valence-corrected chi connectivity index (χ1v) is 7.68. The van der Waals surface area contributed by atoms with Gasteiger partial charge in [0.2, 0.25) is 0 Å². The fourth-order valence-corrected chi connectivity index (χ4v) is 2.89. The van der Waals surface area contributed by atoms with Crippen LogP contribution in [0.15, 0.2) is 45.9 Å². The van der Waals surface area contributed by atoms with E-state index in [-0.39, 0.29) is 11.4 Å². The van der Waals surface area contributed by atoms with Gasteiger partial charge in [-0.1, -0.05) is 0 Å². The SMILES string of the molecule is O=c1[nH]c(-c2ccco2)nc2c1CN(Cc1ncccc1F)CC2. The summed E-state index contributed by atoms with van der Waals surface area (Å²) < 4.78 is 19.0. The molecule has 0 aromatic carbocycles. The highest BCUT2D eigenvalue weighted by Gasteiger charge is 2.23. The maximum absolute atomic E-state index is 13.7. The van der Waals surface area contributed by atoms with Crippen molar-refractivity contribution in [3.63, 3.8) is 0 Å². The molecule has 122 valence electrons. The van der Waals surface area contributed by atoms with Gasteiger partial charge in [-0.3, -0.25) is 14.7 Å². The zero-order valence-electron chi connectivity index (χ0n) is 12.8. The Bertz CT molecular complexity index is 921. The number of aromatic nitrogens is 3. The van der Waals surface area contributed by atoms with E-state index < -0.39 is 0 Å². The molecule has 0 saturated carbocycles. The van der Waals surface area contributed by atoms with Gasteiger partial charge in [0.25, 0.3) is 5.56 Å². The minimum atomic E-state index is -0.330. The zero-order valence-corrected chi connectivity index (χ0v) is 12.8. The van der Waals surface area contributed by atoms with Gasteiger partial charge in [0.05, 0.1) is 23.2 Å². The predicted octanol–water partition coefficient (Wildman–Crippen LogP) is 2.12. The van der Waals surface area contributed by atoms with Crippen molar-refractivity contribution in [1.29, 1.82) is 0 Å². The van der Waals surface area contributed by atoms with Gasteiger partial charge in [-0.05, 0) is 24.3 Å². The Morgan fingerprint density at radius 2 is 2.25 bits per heavy atom. The number of halogens is 1. The number of fused-ring (bicyclic) bond motifs is 1. The standard InChI is InChI=1S/C17H15FN4O2/c18-12-3-1-6-19-14(12)10-22-7-5-13-11(9-22)17(23)21-16(20-13)15-4-2-8-24-15/h1-4,6,8H,5,7,9-10H2,(H,20,21,23). The molecule has 0 bridgehead atoms. The summed E-state index contributed by atoms with van der Waals surface area (Å²) in [5.74, 6) is 0.643. The Morgan fingerprint density at radius 1 is 1.33 bits per heavy atom. The third-order valence-corrected chi connectivity index (χ3v) is 4.11. The monoisotopic (exact) mass is 326 g/mol. The quantitative estimate of drug-likeness (QED) is 0.798. The lowest BCUT2D eigenvalue weighted by atomic mass is 10.1. The average molecular weight is 326 g/mol. The first kappa shape index (κ1) is 14.8. The molecule has 0 amide bonds. The Morgan fingerprint density at radius 3 is 3.04 bits per heavy atom. The van der Waals surface area contributed by atoms with Crippen molar-refractivity contribution in [2.45, 2.75) is 19.5 Å².